The van der Waals surface area contributed by atoms with Crippen LogP contribution < -0.4 is 5.32 Å². The lowest BCUT2D eigenvalue weighted by Crippen LogP contribution is -2.05. The molecule has 7 heteroatoms. The molecule has 1 heterocycles. The second kappa shape index (κ2) is 5.94. The van der Waals surface area contributed by atoms with Gasteiger partial charge >= 0.3 is 0 Å². The topological polar surface area (TPSA) is 85.9 Å². The summed E-state index contributed by atoms with van der Waals surface area (Å²) < 4.78 is 1.67. The molecule has 0 radical (unpaired) electrons. The zero-order valence-electron chi connectivity index (χ0n) is 10.6. The van der Waals surface area contributed by atoms with Crippen molar-refractivity contribution in [2.75, 3.05) is 11.9 Å². The van der Waals surface area contributed by atoms with E-state index in [0.717, 1.165) is 12.0 Å². The molecule has 0 bridgehead atoms. The number of aromatic nitrogens is 3. The van der Waals surface area contributed by atoms with Gasteiger partial charge in [-0.25, -0.2) is 9.67 Å². The Morgan fingerprint density at radius 1 is 1.47 bits per heavy atom. The molecule has 7 nitrogen and oxygen atoms in total. The maximum absolute atomic E-state index is 11.0. The van der Waals surface area contributed by atoms with Gasteiger partial charge in [0.25, 0.3) is 5.69 Å². The highest BCUT2D eigenvalue weighted by Crippen LogP contribution is 2.25. The van der Waals surface area contributed by atoms with E-state index < -0.39 is 0 Å². The van der Waals surface area contributed by atoms with E-state index in [9.17, 15) is 10.1 Å². The second-order valence-corrected chi connectivity index (χ2v) is 4.13. The van der Waals surface area contributed by atoms with E-state index in [-0.39, 0.29) is 10.6 Å². The van der Waals surface area contributed by atoms with Crippen LogP contribution in [0.1, 0.15) is 18.9 Å². The molecule has 19 heavy (non-hydrogen) atoms. The summed E-state index contributed by atoms with van der Waals surface area (Å²) in [6.07, 6.45) is 3.98. The lowest BCUT2D eigenvalue weighted by atomic mass is 10.1. The number of nitro benzene ring substituents is 1. The van der Waals surface area contributed by atoms with Gasteiger partial charge in [-0.3, -0.25) is 10.1 Å². The van der Waals surface area contributed by atoms with Gasteiger partial charge in [0, 0.05) is 12.6 Å². The number of rotatable bonds is 6. The predicted octanol–water partition coefficient (Wildman–Crippen LogP) is 2.06. The highest BCUT2D eigenvalue weighted by molar-refractivity contribution is 5.62. The van der Waals surface area contributed by atoms with Crippen molar-refractivity contribution in [3.05, 3.63) is 46.5 Å². The van der Waals surface area contributed by atoms with Gasteiger partial charge in [0.1, 0.15) is 18.3 Å². The maximum atomic E-state index is 11.0. The van der Waals surface area contributed by atoms with Crippen molar-refractivity contribution in [3.63, 3.8) is 0 Å². The fourth-order valence-electron chi connectivity index (χ4n) is 1.74. The Bertz CT molecular complexity index is 553. The van der Waals surface area contributed by atoms with Gasteiger partial charge in [0.05, 0.1) is 11.5 Å². The first-order chi connectivity index (χ1) is 9.20. The lowest BCUT2D eigenvalue weighted by Gasteiger charge is -2.08. The number of nitrogens with one attached hydrogen (secondary N) is 1. The van der Waals surface area contributed by atoms with E-state index in [1.807, 2.05) is 6.92 Å². The molecule has 2 rings (SSSR count). The molecule has 0 aliphatic carbocycles. The fourth-order valence-corrected chi connectivity index (χ4v) is 1.74. The van der Waals surface area contributed by atoms with Gasteiger partial charge in [-0.1, -0.05) is 13.0 Å². The van der Waals surface area contributed by atoms with Crippen molar-refractivity contribution in [1.82, 2.24) is 14.8 Å². The molecule has 100 valence electrons. The molecule has 0 aliphatic heterocycles. The first kappa shape index (κ1) is 13.0. The van der Waals surface area contributed by atoms with E-state index in [2.05, 4.69) is 15.4 Å². The number of anilines is 1. The lowest BCUT2D eigenvalue weighted by molar-refractivity contribution is -0.384. The summed E-state index contributed by atoms with van der Waals surface area (Å²) in [5.74, 6) is 0. The summed E-state index contributed by atoms with van der Waals surface area (Å²) in [6, 6.07) is 5.04. The highest BCUT2D eigenvalue weighted by atomic mass is 16.6. The Labute approximate surface area is 110 Å². The van der Waals surface area contributed by atoms with E-state index in [1.165, 1.54) is 12.4 Å². The van der Waals surface area contributed by atoms with Gasteiger partial charge in [-0.05, 0) is 18.1 Å². The third kappa shape index (κ3) is 3.27. The molecule has 0 fully saturated rings. The smallest absolute Gasteiger partial charge is 0.292 e. The van der Waals surface area contributed by atoms with Crippen LogP contribution in [0.25, 0.3) is 0 Å². The van der Waals surface area contributed by atoms with E-state index in [1.54, 1.807) is 23.1 Å². The Hall–Kier alpha value is -2.44. The number of nitrogens with zero attached hydrogens (tertiary/aromatic N) is 4. The van der Waals surface area contributed by atoms with Crippen molar-refractivity contribution in [3.8, 4) is 0 Å². The number of benzene rings is 1. The molecule has 0 saturated carbocycles. The second-order valence-electron chi connectivity index (χ2n) is 4.13. The maximum Gasteiger partial charge on any atom is 0.292 e. The summed E-state index contributed by atoms with van der Waals surface area (Å²) >= 11 is 0. The van der Waals surface area contributed by atoms with Crippen molar-refractivity contribution in [1.29, 1.82) is 0 Å². The molecule has 0 saturated heterocycles. The fraction of sp³-hybridized carbons (Fsp3) is 0.333. The van der Waals surface area contributed by atoms with Crippen molar-refractivity contribution in [2.24, 2.45) is 0 Å². The summed E-state index contributed by atoms with van der Waals surface area (Å²) in [4.78, 5) is 14.4. The summed E-state index contributed by atoms with van der Waals surface area (Å²) in [7, 11) is 0. The Morgan fingerprint density at radius 2 is 2.32 bits per heavy atom. The van der Waals surface area contributed by atoms with Crippen LogP contribution in [0, 0.1) is 10.1 Å². The zero-order chi connectivity index (χ0) is 13.7. The molecular formula is C12H15N5O2. The van der Waals surface area contributed by atoms with Crippen LogP contribution in [0.2, 0.25) is 0 Å². The minimum Gasteiger partial charge on any atom is -0.379 e. The minimum absolute atomic E-state index is 0.0933. The van der Waals surface area contributed by atoms with Gasteiger partial charge in [0.15, 0.2) is 0 Å². The van der Waals surface area contributed by atoms with E-state index in [4.69, 9.17) is 0 Å². The molecule has 1 aromatic carbocycles. The predicted molar refractivity (Wildman–Crippen MR) is 71.0 cm³/mol. The largest absolute Gasteiger partial charge is 0.379 e. The van der Waals surface area contributed by atoms with E-state index in [0.29, 0.717) is 18.8 Å². The van der Waals surface area contributed by atoms with Gasteiger partial charge in [-0.15, -0.1) is 0 Å². The average Bonchev–Trinajstić information content (AvgIpc) is 2.89. The minimum atomic E-state index is -0.378. The quantitative estimate of drug-likeness (QED) is 0.635. The molecular weight excluding hydrogens is 246 g/mol. The number of hydrogen-bond acceptors (Lipinski definition) is 5. The molecule has 1 N–H and O–H groups in total. The first-order valence-electron chi connectivity index (χ1n) is 6.04. The molecule has 0 spiro atoms. The van der Waals surface area contributed by atoms with Crippen molar-refractivity contribution < 1.29 is 4.92 Å². The van der Waals surface area contributed by atoms with Crippen LogP contribution in [0.15, 0.2) is 30.9 Å². The molecule has 0 unspecified atom stereocenters. The summed E-state index contributed by atoms with van der Waals surface area (Å²) in [5.41, 5.74) is 1.58. The van der Waals surface area contributed by atoms with Crippen molar-refractivity contribution >= 4 is 11.4 Å². The number of nitro groups is 1. The van der Waals surface area contributed by atoms with Gasteiger partial charge < -0.3 is 5.32 Å². The molecule has 0 aliphatic rings. The van der Waals surface area contributed by atoms with Crippen LogP contribution in [0.3, 0.4) is 0 Å². The third-order valence-electron chi connectivity index (χ3n) is 2.63. The van der Waals surface area contributed by atoms with Crippen LogP contribution in [0.4, 0.5) is 11.4 Å². The zero-order valence-corrected chi connectivity index (χ0v) is 10.6. The molecule has 0 amide bonds. The monoisotopic (exact) mass is 261 g/mol. The van der Waals surface area contributed by atoms with E-state index >= 15 is 0 Å². The Kier molecular flexibility index (Phi) is 4.07. The van der Waals surface area contributed by atoms with Crippen LogP contribution in [0.5, 0.6) is 0 Å². The third-order valence-corrected chi connectivity index (χ3v) is 2.63. The van der Waals surface area contributed by atoms with Crippen LogP contribution >= 0.6 is 0 Å². The Morgan fingerprint density at radius 3 is 2.95 bits per heavy atom. The normalized spacial score (nSPS) is 10.4. The Balaban J connectivity index is 2.24. The molecule has 0 atom stereocenters. The standard InChI is InChI=1S/C12H15N5O2/c1-2-5-14-11-6-10(3-4-12(11)17(18)19)7-16-9-13-8-15-16/h3-4,6,8-9,14H,2,5,7H2,1H3. The average molecular weight is 261 g/mol. The summed E-state index contributed by atoms with van der Waals surface area (Å²) in [6.45, 7) is 3.25. The highest BCUT2D eigenvalue weighted by Gasteiger charge is 2.13. The SMILES string of the molecule is CCCNc1cc(Cn2cncn2)ccc1[N+](=O)[O-]. The van der Waals surface area contributed by atoms with Crippen LogP contribution in [-0.4, -0.2) is 26.2 Å². The van der Waals surface area contributed by atoms with Crippen LogP contribution in [-0.2, 0) is 6.54 Å². The molecule has 2 aromatic rings. The molecule has 1 aromatic heterocycles. The first-order valence-corrected chi connectivity index (χ1v) is 6.04. The van der Waals surface area contributed by atoms with Crippen molar-refractivity contribution in [2.45, 2.75) is 19.9 Å². The van der Waals surface area contributed by atoms with Gasteiger partial charge in [0.2, 0.25) is 0 Å². The number of hydrogen-bond donors (Lipinski definition) is 1. The summed E-state index contributed by atoms with van der Waals surface area (Å²) in [5, 5.41) is 18.0. The van der Waals surface area contributed by atoms with Gasteiger partial charge in [-0.2, -0.15) is 5.10 Å².